The summed E-state index contributed by atoms with van der Waals surface area (Å²) in [6.07, 6.45) is 1.36. The molecule has 2 rings (SSSR count). The van der Waals surface area contributed by atoms with Crippen LogP contribution in [-0.4, -0.2) is 27.7 Å². The summed E-state index contributed by atoms with van der Waals surface area (Å²) in [6.45, 7) is 0. The summed E-state index contributed by atoms with van der Waals surface area (Å²) in [4.78, 5) is 12.5. The van der Waals surface area contributed by atoms with Crippen molar-refractivity contribution in [1.82, 2.24) is 5.32 Å². The van der Waals surface area contributed by atoms with Crippen LogP contribution in [0.2, 0.25) is 0 Å². The smallest absolute Gasteiger partial charge is 0.254 e. The summed E-state index contributed by atoms with van der Waals surface area (Å²) in [5.41, 5.74) is 0.00851. The molecule has 1 N–H and O–H groups in total. The number of amides is 1. The molecule has 1 fully saturated rings. The maximum absolute atomic E-state index is 13.5. The number of carbonyl (C=O) groups excluding carboxylic acids is 1. The summed E-state index contributed by atoms with van der Waals surface area (Å²) in [7, 11) is -0.766. The highest BCUT2D eigenvalue weighted by atomic mass is 32.2. The van der Waals surface area contributed by atoms with Crippen LogP contribution in [0.4, 0.5) is 4.39 Å². The zero-order valence-corrected chi connectivity index (χ0v) is 11.4. The lowest BCUT2D eigenvalue weighted by molar-refractivity contribution is 0.0930. The van der Waals surface area contributed by atoms with E-state index in [2.05, 4.69) is 17.9 Å². The first-order valence-corrected chi connectivity index (χ1v) is 7.64. The highest BCUT2D eigenvalue weighted by molar-refractivity contribution is 7.85. The van der Waals surface area contributed by atoms with Crippen molar-refractivity contribution >= 4 is 29.3 Å². The number of benzene rings is 1. The van der Waals surface area contributed by atoms with Crippen LogP contribution in [0.25, 0.3) is 0 Å². The second-order valence-electron chi connectivity index (χ2n) is 4.26. The monoisotopic (exact) mass is 287 g/mol. The maximum Gasteiger partial charge on any atom is 0.254 e. The quantitative estimate of drug-likeness (QED) is 0.814. The molecule has 6 heteroatoms. The topological polar surface area (TPSA) is 46.2 Å². The third kappa shape index (κ3) is 3.32. The Bertz CT molecular complexity index is 483. The molecule has 0 unspecified atom stereocenters. The third-order valence-corrected chi connectivity index (χ3v) is 4.58. The van der Waals surface area contributed by atoms with E-state index in [1.165, 1.54) is 18.2 Å². The first kappa shape index (κ1) is 13.5. The van der Waals surface area contributed by atoms with Crippen LogP contribution in [0, 0.1) is 5.82 Å². The van der Waals surface area contributed by atoms with Crippen molar-refractivity contribution in [2.75, 3.05) is 11.5 Å². The van der Waals surface area contributed by atoms with Crippen LogP contribution in [0.1, 0.15) is 23.2 Å². The Morgan fingerprint density at radius 3 is 2.72 bits per heavy atom. The number of thiol groups is 1. The van der Waals surface area contributed by atoms with E-state index in [-0.39, 0.29) is 11.6 Å². The zero-order chi connectivity index (χ0) is 13.1. The normalized spacial score (nSPS) is 23.7. The molecule has 1 saturated heterocycles. The van der Waals surface area contributed by atoms with Crippen molar-refractivity contribution < 1.29 is 13.4 Å². The summed E-state index contributed by atoms with van der Waals surface area (Å²) in [5.74, 6) is 0.214. The number of halogens is 1. The van der Waals surface area contributed by atoms with E-state index >= 15 is 0 Å². The molecule has 18 heavy (non-hydrogen) atoms. The summed E-state index contributed by atoms with van der Waals surface area (Å²) in [6, 6.07) is 4.12. The highest BCUT2D eigenvalue weighted by Gasteiger charge is 2.21. The predicted molar refractivity (Wildman–Crippen MR) is 72.0 cm³/mol. The van der Waals surface area contributed by atoms with E-state index in [1.807, 2.05) is 0 Å². The van der Waals surface area contributed by atoms with Crippen LogP contribution < -0.4 is 5.32 Å². The third-order valence-electron chi connectivity index (χ3n) is 2.92. The number of hydrogen-bond acceptors (Lipinski definition) is 3. The van der Waals surface area contributed by atoms with Gasteiger partial charge in [-0.25, -0.2) is 4.39 Å². The first-order valence-electron chi connectivity index (χ1n) is 5.70. The number of nitrogens with one attached hydrogen (secondary N) is 1. The Kier molecular flexibility index (Phi) is 4.40. The van der Waals surface area contributed by atoms with E-state index in [0.29, 0.717) is 29.2 Å². The molecular weight excluding hydrogens is 273 g/mol. The van der Waals surface area contributed by atoms with Crippen LogP contribution >= 0.6 is 12.6 Å². The second-order valence-corrected chi connectivity index (χ2v) is 6.47. The van der Waals surface area contributed by atoms with Gasteiger partial charge in [-0.05, 0) is 31.0 Å². The van der Waals surface area contributed by atoms with Crippen molar-refractivity contribution in [3.05, 3.63) is 29.6 Å². The Morgan fingerprint density at radius 1 is 1.39 bits per heavy atom. The number of carbonyl (C=O) groups is 1. The van der Waals surface area contributed by atoms with Crippen LogP contribution in [0.5, 0.6) is 0 Å². The van der Waals surface area contributed by atoms with Gasteiger partial charge in [0.15, 0.2) is 0 Å². The van der Waals surface area contributed by atoms with Gasteiger partial charge >= 0.3 is 0 Å². The van der Waals surface area contributed by atoms with Crippen molar-refractivity contribution in [2.24, 2.45) is 0 Å². The van der Waals surface area contributed by atoms with Gasteiger partial charge in [-0.1, -0.05) is 0 Å². The largest absolute Gasteiger partial charge is 0.349 e. The molecular formula is C12H14FNO2S2. The fourth-order valence-corrected chi connectivity index (χ4v) is 3.39. The zero-order valence-electron chi connectivity index (χ0n) is 9.69. The highest BCUT2D eigenvalue weighted by Crippen LogP contribution is 2.15. The van der Waals surface area contributed by atoms with Crippen LogP contribution in [-0.2, 0) is 10.8 Å². The van der Waals surface area contributed by atoms with Gasteiger partial charge in [-0.3, -0.25) is 9.00 Å². The Morgan fingerprint density at radius 2 is 2.06 bits per heavy atom. The van der Waals surface area contributed by atoms with E-state index in [4.69, 9.17) is 0 Å². The van der Waals surface area contributed by atoms with Gasteiger partial charge in [0.25, 0.3) is 5.91 Å². The molecule has 0 saturated carbocycles. The van der Waals surface area contributed by atoms with Crippen LogP contribution in [0.3, 0.4) is 0 Å². The number of hydrogen-bond donors (Lipinski definition) is 2. The van der Waals surface area contributed by atoms with Gasteiger partial charge in [0.2, 0.25) is 0 Å². The van der Waals surface area contributed by atoms with Crippen molar-refractivity contribution in [2.45, 2.75) is 23.8 Å². The van der Waals surface area contributed by atoms with Gasteiger partial charge in [-0.2, -0.15) is 0 Å². The van der Waals surface area contributed by atoms with Gasteiger partial charge in [-0.15, -0.1) is 12.6 Å². The minimum Gasteiger partial charge on any atom is -0.349 e. The second kappa shape index (κ2) is 5.84. The van der Waals surface area contributed by atoms with E-state index in [1.54, 1.807) is 0 Å². The molecule has 1 aliphatic rings. The molecule has 0 aliphatic carbocycles. The minimum absolute atomic E-state index is 0.00851. The molecule has 0 aromatic heterocycles. The van der Waals surface area contributed by atoms with Crippen molar-refractivity contribution in [3.8, 4) is 0 Å². The van der Waals surface area contributed by atoms with E-state index < -0.39 is 22.5 Å². The molecule has 0 radical (unpaired) electrons. The van der Waals surface area contributed by atoms with E-state index in [9.17, 15) is 13.4 Å². The molecule has 98 valence electrons. The summed E-state index contributed by atoms with van der Waals surface area (Å²) < 4.78 is 24.7. The molecule has 1 aliphatic heterocycles. The molecule has 0 spiro atoms. The molecule has 1 amide bonds. The Hall–Kier alpha value is -0.880. The van der Waals surface area contributed by atoms with Crippen molar-refractivity contribution in [3.63, 3.8) is 0 Å². The molecule has 0 atom stereocenters. The van der Waals surface area contributed by atoms with Crippen LogP contribution in [0.15, 0.2) is 23.1 Å². The van der Waals surface area contributed by atoms with Gasteiger partial charge in [0, 0.05) is 33.2 Å². The molecule has 1 heterocycles. The lowest BCUT2D eigenvalue weighted by atomic mass is 10.1. The fraction of sp³-hybridized carbons (Fsp3) is 0.417. The van der Waals surface area contributed by atoms with Crippen molar-refractivity contribution in [1.29, 1.82) is 0 Å². The van der Waals surface area contributed by atoms with Gasteiger partial charge in [0.05, 0.1) is 5.56 Å². The summed E-state index contributed by atoms with van der Waals surface area (Å²) >= 11 is 4.09. The lowest BCUT2D eigenvalue weighted by Crippen LogP contribution is -2.39. The Balaban J connectivity index is 2.03. The standard InChI is InChI=1S/C12H14FNO2S2/c13-11-2-1-9(17)7-10(11)12(15)14-8-3-5-18(16)6-4-8/h1-2,7-8,17H,3-6H2,(H,14,15). The average Bonchev–Trinajstić information content (AvgIpc) is 2.35. The molecule has 0 bridgehead atoms. The maximum atomic E-state index is 13.5. The lowest BCUT2D eigenvalue weighted by Gasteiger charge is -2.22. The summed E-state index contributed by atoms with van der Waals surface area (Å²) in [5, 5.41) is 2.78. The van der Waals surface area contributed by atoms with Gasteiger partial charge < -0.3 is 5.32 Å². The minimum atomic E-state index is -0.766. The Labute approximate surface area is 113 Å². The first-order chi connectivity index (χ1) is 8.56. The van der Waals surface area contributed by atoms with Gasteiger partial charge in [0.1, 0.15) is 5.82 Å². The SMILES string of the molecule is O=C(NC1CCS(=O)CC1)c1cc(S)ccc1F. The fourth-order valence-electron chi connectivity index (χ4n) is 1.89. The average molecular weight is 287 g/mol. The molecule has 1 aromatic rings. The number of rotatable bonds is 2. The molecule has 3 nitrogen and oxygen atoms in total. The predicted octanol–water partition coefficient (Wildman–Crippen LogP) is 1.76. The molecule has 1 aromatic carbocycles. The van der Waals surface area contributed by atoms with E-state index in [0.717, 1.165) is 0 Å².